The number of rotatable bonds is 5. The minimum Gasteiger partial charge on any atom is -0.481 e. The zero-order valence-electron chi connectivity index (χ0n) is 6.86. The van der Waals surface area contributed by atoms with Gasteiger partial charge in [0.1, 0.15) is 5.92 Å². The predicted octanol–water partition coefficient (Wildman–Crippen LogP) is 0.129. The fraction of sp³-hybridized carbons (Fsp3) is 0.714. The van der Waals surface area contributed by atoms with Gasteiger partial charge >= 0.3 is 5.97 Å². The van der Waals surface area contributed by atoms with Crippen LogP contribution in [0.5, 0.6) is 0 Å². The number of hydrogen-bond donors (Lipinski definition) is 3. The number of carbonyl (C=O) groups excluding carboxylic acids is 1. The van der Waals surface area contributed by atoms with Crippen LogP contribution in [-0.2, 0) is 9.59 Å². The molecular formula is C7H13NO3S. The van der Waals surface area contributed by atoms with Crippen LogP contribution >= 0.6 is 12.6 Å². The van der Waals surface area contributed by atoms with Crippen molar-refractivity contribution >= 4 is 24.5 Å². The smallest absolute Gasteiger partial charge is 0.316 e. The second-order valence-corrected chi connectivity index (χ2v) is 3.16. The highest BCUT2D eigenvalue weighted by Gasteiger charge is 2.29. The van der Waals surface area contributed by atoms with Gasteiger partial charge in [-0.15, -0.1) is 0 Å². The Morgan fingerprint density at radius 1 is 1.58 bits per heavy atom. The maximum Gasteiger partial charge on any atom is 0.316 e. The van der Waals surface area contributed by atoms with Crippen molar-refractivity contribution in [2.24, 2.45) is 17.6 Å². The minimum absolute atomic E-state index is 0.252. The molecule has 3 N–H and O–H groups in total. The number of amides is 1. The lowest BCUT2D eigenvalue weighted by atomic mass is 9.91. The number of aliphatic carboxylic acids is 1. The Hall–Kier alpha value is -0.710. The van der Waals surface area contributed by atoms with E-state index in [0.29, 0.717) is 12.2 Å². The molecule has 70 valence electrons. The Kier molecular flexibility index (Phi) is 4.73. The third-order valence-corrected chi connectivity index (χ3v) is 1.98. The van der Waals surface area contributed by atoms with Gasteiger partial charge < -0.3 is 10.8 Å². The Bertz CT molecular complexity index is 169. The summed E-state index contributed by atoms with van der Waals surface area (Å²) in [6.07, 6.45) is 0.572. The van der Waals surface area contributed by atoms with Gasteiger partial charge in [0.05, 0.1) is 0 Å². The summed E-state index contributed by atoms with van der Waals surface area (Å²) in [5.41, 5.74) is 4.92. The van der Waals surface area contributed by atoms with E-state index >= 15 is 0 Å². The Morgan fingerprint density at radius 3 is 2.33 bits per heavy atom. The van der Waals surface area contributed by atoms with Crippen LogP contribution in [0.4, 0.5) is 0 Å². The van der Waals surface area contributed by atoms with E-state index in [-0.39, 0.29) is 5.92 Å². The van der Waals surface area contributed by atoms with E-state index in [2.05, 4.69) is 12.6 Å². The zero-order valence-corrected chi connectivity index (χ0v) is 7.75. The average Bonchev–Trinajstić information content (AvgIpc) is 1.85. The third-order valence-electron chi connectivity index (χ3n) is 1.73. The van der Waals surface area contributed by atoms with Crippen LogP contribution in [0.25, 0.3) is 0 Å². The molecule has 0 rings (SSSR count). The maximum atomic E-state index is 10.7. The largest absolute Gasteiger partial charge is 0.481 e. The Morgan fingerprint density at radius 2 is 2.08 bits per heavy atom. The first-order valence-corrected chi connectivity index (χ1v) is 4.27. The van der Waals surface area contributed by atoms with E-state index in [1.165, 1.54) is 0 Å². The standard InChI is InChI=1S/C7H13NO3S/c1-4(2-3-12)5(6(8)9)7(10)11/h4-5,12H,2-3H2,1H3,(H2,8,9)(H,10,11). The SMILES string of the molecule is CC(CCS)C(C(N)=O)C(=O)O. The molecule has 0 aliphatic carbocycles. The molecule has 0 heterocycles. The highest BCUT2D eigenvalue weighted by Crippen LogP contribution is 2.15. The Labute approximate surface area is 76.5 Å². The molecule has 2 atom stereocenters. The van der Waals surface area contributed by atoms with Gasteiger partial charge in [0.15, 0.2) is 0 Å². The second-order valence-electron chi connectivity index (χ2n) is 2.71. The first kappa shape index (κ1) is 11.3. The number of nitrogens with two attached hydrogens (primary N) is 1. The number of thiol groups is 1. The van der Waals surface area contributed by atoms with Gasteiger partial charge in [-0.25, -0.2) is 0 Å². The number of carbonyl (C=O) groups is 2. The van der Waals surface area contributed by atoms with Gasteiger partial charge in [0.2, 0.25) is 5.91 Å². The molecule has 0 spiro atoms. The molecule has 5 heteroatoms. The molecular weight excluding hydrogens is 178 g/mol. The van der Waals surface area contributed by atoms with Crippen molar-refractivity contribution in [3.8, 4) is 0 Å². The van der Waals surface area contributed by atoms with E-state index in [9.17, 15) is 9.59 Å². The van der Waals surface area contributed by atoms with Crippen molar-refractivity contribution in [1.82, 2.24) is 0 Å². The molecule has 0 radical (unpaired) electrons. The quantitative estimate of drug-likeness (QED) is 0.427. The van der Waals surface area contributed by atoms with Crippen molar-refractivity contribution < 1.29 is 14.7 Å². The van der Waals surface area contributed by atoms with E-state index in [1.807, 2.05) is 0 Å². The molecule has 0 aromatic heterocycles. The van der Waals surface area contributed by atoms with Crippen LogP contribution in [-0.4, -0.2) is 22.7 Å². The summed E-state index contributed by atoms with van der Waals surface area (Å²) in [5, 5.41) is 8.61. The van der Waals surface area contributed by atoms with E-state index in [4.69, 9.17) is 10.8 Å². The summed E-state index contributed by atoms with van der Waals surface area (Å²) in [7, 11) is 0. The molecule has 1 amide bonds. The van der Waals surface area contributed by atoms with Crippen LogP contribution < -0.4 is 5.73 Å². The first-order valence-electron chi connectivity index (χ1n) is 3.63. The van der Waals surface area contributed by atoms with Gasteiger partial charge in [0.25, 0.3) is 0 Å². The lowest BCUT2D eigenvalue weighted by molar-refractivity contribution is -0.148. The lowest BCUT2D eigenvalue weighted by Gasteiger charge is -2.15. The molecule has 4 nitrogen and oxygen atoms in total. The van der Waals surface area contributed by atoms with Crippen molar-refractivity contribution in [1.29, 1.82) is 0 Å². The molecule has 0 bridgehead atoms. The molecule has 0 aliphatic heterocycles. The zero-order chi connectivity index (χ0) is 9.72. The summed E-state index contributed by atoms with van der Waals surface area (Å²) in [6.45, 7) is 1.68. The molecule has 12 heavy (non-hydrogen) atoms. The molecule has 0 saturated heterocycles. The van der Waals surface area contributed by atoms with E-state index < -0.39 is 17.8 Å². The minimum atomic E-state index is -1.16. The van der Waals surface area contributed by atoms with Crippen molar-refractivity contribution in [2.75, 3.05) is 5.75 Å². The Balaban J connectivity index is 4.29. The van der Waals surface area contributed by atoms with Gasteiger partial charge in [0, 0.05) is 0 Å². The van der Waals surface area contributed by atoms with Gasteiger partial charge in [-0.1, -0.05) is 6.92 Å². The number of hydrogen-bond acceptors (Lipinski definition) is 3. The van der Waals surface area contributed by atoms with Gasteiger partial charge in [-0.3, -0.25) is 9.59 Å². The van der Waals surface area contributed by atoms with E-state index in [1.54, 1.807) is 6.92 Å². The third kappa shape index (κ3) is 3.13. The maximum absolute atomic E-state index is 10.7. The van der Waals surface area contributed by atoms with Crippen LogP contribution in [0, 0.1) is 11.8 Å². The van der Waals surface area contributed by atoms with Gasteiger partial charge in [-0.2, -0.15) is 12.6 Å². The van der Waals surface area contributed by atoms with Crippen LogP contribution in [0.15, 0.2) is 0 Å². The fourth-order valence-corrected chi connectivity index (χ4v) is 1.42. The summed E-state index contributed by atoms with van der Waals surface area (Å²) < 4.78 is 0. The highest BCUT2D eigenvalue weighted by atomic mass is 32.1. The number of primary amides is 1. The second kappa shape index (κ2) is 5.03. The first-order chi connectivity index (χ1) is 5.50. The summed E-state index contributed by atoms with van der Waals surface area (Å²) in [4.78, 5) is 21.2. The highest BCUT2D eigenvalue weighted by molar-refractivity contribution is 7.80. The summed E-state index contributed by atoms with van der Waals surface area (Å²) in [5.74, 6) is -2.72. The topological polar surface area (TPSA) is 80.4 Å². The fourth-order valence-electron chi connectivity index (χ4n) is 1.02. The van der Waals surface area contributed by atoms with Crippen molar-refractivity contribution in [3.05, 3.63) is 0 Å². The monoisotopic (exact) mass is 191 g/mol. The molecule has 0 aliphatic rings. The molecule has 2 unspecified atom stereocenters. The van der Waals surface area contributed by atoms with Crippen LogP contribution in [0.3, 0.4) is 0 Å². The number of carboxylic acid groups (broad SMARTS) is 1. The van der Waals surface area contributed by atoms with Crippen molar-refractivity contribution in [3.63, 3.8) is 0 Å². The summed E-state index contributed by atoms with van der Waals surface area (Å²) >= 11 is 3.95. The molecule has 0 fully saturated rings. The van der Waals surface area contributed by atoms with Gasteiger partial charge in [-0.05, 0) is 18.1 Å². The predicted molar refractivity (Wildman–Crippen MR) is 48.0 cm³/mol. The molecule has 0 aromatic carbocycles. The molecule has 0 saturated carbocycles. The van der Waals surface area contributed by atoms with Crippen LogP contribution in [0.1, 0.15) is 13.3 Å². The van der Waals surface area contributed by atoms with Crippen LogP contribution in [0.2, 0.25) is 0 Å². The van der Waals surface area contributed by atoms with Crippen molar-refractivity contribution in [2.45, 2.75) is 13.3 Å². The molecule has 0 aromatic rings. The average molecular weight is 191 g/mol. The lowest BCUT2D eigenvalue weighted by Crippen LogP contribution is -2.35. The summed E-state index contributed by atoms with van der Waals surface area (Å²) in [6, 6.07) is 0. The van der Waals surface area contributed by atoms with E-state index in [0.717, 1.165) is 0 Å². The normalized spacial score (nSPS) is 15.2. The number of carboxylic acids is 1.